The molecule has 9 heteroatoms. The van der Waals surface area contributed by atoms with Crippen LogP contribution < -0.4 is 0 Å². The van der Waals surface area contributed by atoms with Gasteiger partial charge in [-0.15, -0.1) is 11.3 Å². The van der Waals surface area contributed by atoms with Crippen molar-refractivity contribution in [2.45, 2.75) is 0 Å². The lowest BCUT2D eigenvalue weighted by molar-refractivity contribution is -0.385. The fraction of sp³-hybridized carbons (Fsp3) is 0. The molecule has 0 aliphatic heterocycles. The van der Waals surface area contributed by atoms with E-state index in [9.17, 15) is 25.3 Å². The summed E-state index contributed by atoms with van der Waals surface area (Å²) in [6.45, 7) is 0. The molecular formula is C15H9N3O5S. The Kier molecular flexibility index (Phi) is 3.92. The second-order valence-electron chi connectivity index (χ2n) is 4.80. The number of non-ortho nitro benzene ring substituents is 1. The van der Waals surface area contributed by atoms with Crippen LogP contribution in [-0.4, -0.2) is 19.9 Å². The molecule has 0 fully saturated rings. The van der Waals surface area contributed by atoms with Gasteiger partial charge in [0.15, 0.2) is 5.75 Å². The monoisotopic (exact) mass is 343 g/mol. The minimum absolute atomic E-state index is 0.0244. The Labute approximate surface area is 138 Å². The van der Waals surface area contributed by atoms with E-state index >= 15 is 0 Å². The molecule has 0 saturated carbocycles. The number of phenolic OH excluding ortho intramolecular Hbond substituents is 1. The number of nitrogens with zero attached hydrogens (tertiary/aromatic N) is 3. The second kappa shape index (κ2) is 6.05. The molecule has 0 aliphatic carbocycles. The molecular weight excluding hydrogens is 334 g/mol. The van der Waals surface area contributed by atoms with Gasteiger partial charge in [-0.3, -0.25) is 20.2 Å². The first-order valence-corrected chi connectivity index (χ1v) is 7.46. The SMILES string of the molecule is O=[N+]([O-])c1ccc2sc(/C=C/c3ccc([N+](=O)[O-])c(O)c3)nc2c1. The summed E-state index contributed by atoms with van der Waals surface area (Å²) in [5.74, 6) is -0.415. The quantitative estimate of drug-likeness (QED) is 0.565. The molecule has 0 atom stereocenters. The van der Waals surface area contributed by atoms with Crippen molar-refractivity contribution < 1.29 is 15.0 Å². The Morgan fingerprint density at radius 3 is 2.50 bits per heavy atom. The number of aromatic hydroxyl groups is 1. The molecule has 0 spiro atoms. The molecule has 3 aromatic rings. The number of rotatable bonds is 4. The van der Waals surface area contributed by atoms with E-state index in [1.807, 2.05) is 0 Å². The van der Waals surface area contributed by atoms with Crippen molar-refractivity contribution in [2.75, 3.05) is 0 Å². The van der Waals surface area contributed by atoms with Crippen LogP contribution in [-0.2, 0) is 0 Å². The normalized spacial score (nSPS) is 11.2. The van der Waals surface area contributed by atoms with Crippen LogP contribution in [0.5, 0.6) is 5.75 Å². The molecule has 0 aliphatic rings. The molecule has 1 aromatic heterocycles. The maximum absolute atomic E-state index is 10.8. The van der Waals surface area contributed by atoms with Gasteiger partial charge in [0.2, 0.25) is 0 Å². The fourth-order valence-corrected chi connectivity index (χ4v) is 2.94. The predicted molar refractivity (Wildman–Crippen MR) is 90.0 cm³/mol. The molecule has 8 nitrogen and oxygen atoms in total. The highest BCUT2D eigenvalue weighted by Crippen LogP contribution is 2.29. The average molecular weight is 343 g/mol. The summed E-state index contributed by atoms with van der Waals surface area (Å²) < 4.78 is 0.812. The largest absolute Gasteiger partial charge is 0.502 e. The Hall–Kier alpha value is -3.33. The third kappa shape index (κ3) is 3.06. The minimum atomic E-state index is -0.663. The summed E-state index contributed by atoms with van der Waals surface area (Å²) in [7, 11) is 0. The number of aromatic nitrogens is 1. The first-order chi connectivity index (χ1) is 11.4. The number of hydrogen-bond donors (Lipinski definition) is 1. The van der Waals surface area contributed by atoms with Crippen LogP contribution in [0.2, 0.25) is 0 Å². The molecule has 0 radical (unpaired) electrons. The van der Waals surface area contributed by atoms with Gasteiger partial charge >= 0.3 is 5.69 Å². The first kappa shape index (κ1) is 15.6. The van der Waals surface area contributed by atoms with Crippen molar-refractivity contribution in [3.8, 4) is 5.75 Å². The van der Waals surface area contributed by atoms with Crippen LogP contribution in [0.15, 0.2) is 36.4 Å². The van der Waals surface area contributed by atoms with Gasteiger partial charge in [0, 0.05) is 18.2 Å². The standard InChI is InChI=1S/C15H9N3O5S/c19-13-7-9(1-4-12(13)18(22)23)2-6-15-16-11-8-10(17(20)21)3-5-14(11)24-15/h1-8,19H/b6-2+. The summed E-state index contributed by atoms with van der Waals surface area (Å²) >= 11 is 1.36. The maximum atomic E-state index is 10.8. The summed E-state index contributed by atoms with van der Waals surface area (Å²) in [5, 5.41) is 31.7. The number of benzene rings is 2. The van der Waals surface area contributed by atoms with Gasteiger partial charge in [-0.1, -0.05) is 6.08 Å². The van der Waals surface area contributed by atoms with E-state index in [0.29, 0.717) is 16.1 Å². The Morgan fingerprint density at radius 1 is 1.04 bits per heavy atom. The minimum Gasteiger partial charge on any atom is -0.502 e. The molecule has 0 saturated heterocycles. The van der Waals surface area contributed by atoms with Crippen molar-refractivity contribution in [1.29, 1.82) is 0 Å². The zero-order chi connectivity index (χ0) is 17.3. The third-order valence-corrected chi connectivity index (χ3v) is 4.21. The van der Waals surface area contributed by atoms with Gasteiger partial charge in [0.25, 0.3) is 5.69 Å². The van der Waals surface area contributed by atoms with Crippen LogP contribution in [0.1, 0.15) is 10.6 Å². The van der Waals surface area contributed by atoms with Gasteiger partial charge in [-0.2, -0.15) is 0 Å². The van der Waals surface area contributed by atoms with Gasteiger partial charge in [0.1, 0.15) is 5.01 Å². The predicted octanol–water partition coefficient (Wildman–Crippen LogP) is 3.99. The summed E-state index contributed by atoms with van der Waals surface area (Å²) in [5.41, 5.74) is 0.715. The lowest BCUT2D eigenvalue weighted by Crippen LogP contribution is -1.88. The van der Waals surface area contributed by atoms with Crippen LogP contribution >= 0.6 is 11.3 Å². The Bertz CT molecular complexity index is 996. The van der Waals surface area contributed by atoms with E-state index < -0.39 is 15.6 Å². The van der Waals surface area contributed by atoms with Gasteiger partial charge in [-0.25, -0.2) is 4.98 Å². The summed E-state index contributed by atoms with van der Waals surface area (Å²) in [6, 6.07) is 8.47. The third-order valence-electron chi connectivity index (χ3n) is 3.21. The zero-order valence-electron chi connectivity index (χ0n) is 11.9. The van der Waals surface area contributed by atoms with E-state index in [1.54, 1.807) is 18.2 Å². The highest BCUT2D eigenvalue weighted by atomic mass is 32.1. The highest BCUT2D eigenvalue weighted by Gasteiger charge is 2.12. The summed E-state index contributed by atoms with van der Waals surface area (Å²) in [6.07, 6.45) is 3.33. The molecule has 0 bridgehead atoms. The number of thiazole rings is 1. The van der Waals surface area contributed by atoms with Crippen molar-refractivity contribution in [3.05, 3.63) is 67.2 Å². The highest BCUT2D eigenvalue weighted by molar-refractivity contribution is 7.19. The van der Waals surface area contributed by atoms with E-state index in [-0.39, 0.29) is 11.4 Å². The smallest absolute Gasteiger partial charge is 0.310 e. The Balaban J connectivity index is 1.89. The number of nitro groups is 2. The second-order valence-corrected chi connectivity index (χ2v) is 5.86. The van der Waals surface area contributed by atoms with Gasteiger partial charge < -0.3 is 5.11 Å². The van der Waals surface area contributed by atoms with Crippen LogP contribution in [0.25, 0.3) is 22.4 Å². The fourth-order valence-electron chi connectivity index (χ4n) is 2.08. The molecule has 2 aromatic carbocycles. The van der Waals surface area contributed by atoms with Crippen LogP contribution in [0, 0.1) is 20.2 Å². The summed E-state index contributed by atoms with van der Waals surface area (Å²) in [4.78, 5) is 24.6. The van der Waals surface area contributed by atoms with E-state index in [2.05, 4.69) is 4.98 Å². The number of nitro benzene ring substituents is 2. The number of fused-ring (bicyclic) bond motifs is 1. The van der Waals surface area contributed by atoms with Crippen LogP contribution in [0.4, 0.5) is 11.4 Å². The molecule has 1 N–H and O–H groups in total. The molecule has 120 valence electrons. The zero-order valence-corrected chi connectivity index (χ0v) is 12.8. The van der Waals surface area contributed by atoms with Gasteiger partial charge in [0.05, 0.1) is 20.1 Å². The van der Waals surface area contributed by atoms with Gasteiger partial charge in [-0.05, 0) is 29.8 Å². The van der Waals surface area contributed by atoms with E-state index in [0.717, 1.165) is 4.70 Å². The maximum Gasteiger partial charge on any atom is 0.310 e. The Morgan fingerprint density at radius 2 is 1.83 bits per heavy atom. The number of phenols is 1. The topological polar surface area (TPSA) is 119 Å². The molecule has 3 rings (SSSR count). The van der Waals surface area contributed by atoms with E-state index in [4.69, 9.17) is 0 Å². The molecule has 0 unspecified atom stereocenters. The lowest BCUT2D eigenvalue weighted by Gasteiger charge is -1.97. The van der Waals surface area contributed by atoms with Crippen molar-refractivity contribution in [2.24, 2.45) is 0 Å². The molecule has 24 heavy (non-hydrogen) atoms. The van der Waals surface area contributed by atoms with E-state index in [1.165, 1.54) is 41.7 Å². The van der Waals surface area contributed by atoms with Crippen molar-refractivity contribution >= 4 is 45.1 Å². The molecule has 0 amide bonds. The van der Waals surface area contributed by atoms with Crippen molar-refractivity contribution in [1.82, 2.24) is 4.98 Å². The number of hydrogen-bond acceptors (Lipinski definition) is 7. The first-order valence-electron chi connectivity index (χ1n) is 6.64. The van der Waals surface area contributed by atoms with Crippen molar-refractivity contribution in [3.63, 3.8) is 0 Å². The van der Waals surface area contributed by atoms with Crippen LogP contribution in [0.3, 0.4) is 0 Å². The molecule has 1 heterocycles. The average Bonchev–Trinajstić information content (AvgIpc) is 2.94. The lowest BCUT2D eigenvalue weighted by atomic mass is 10.2.